The molecule has 2 rings (SSSR count). The van der Waals surface area contributed by atoms with Gasteiger partial charge in [0.2, 0.25) is 0 Å². The average molecular weight is 337 g/mol. The van der Waals surface area contributed by atoms with Crippen molar-refractivity contribution in [3.8, 4) is 17.6 Å². The second-order valence-electron chi connectivity index (χ2n) is 5.20. The highest BCUT2D eigenvalue weighted by molar-refractivity contribution is 6.07. The van der Waals surface area contributed by atoms with Gasteiger partial charge in [-0.05, 0) is 36.8 Å². The molecule has 0 saturated heterocycles. The Labute approximate surface area is 146 Å². The molecule has 0 aromatic heterocycles. The first-order valence-corrected chi connectivity index (χ1v) is 7.54. The SMILES string of the molecule is COc1ccc(OC)c(NC(=O)/C(C#N)=C\Nc2cccc(C)c2)c1. The largest absolute Gasteiger partial charge is 0.497 e. The summed E-state index contributed by atoms with van der Waals surface area (Å²) in [6.45, 7) is 1.96. The van der Waals surface area contributed by atoms with Gasteiger partial charge in [-0.2, -0.15) is 5.26 Å². The summed E-state index contributed by atoms with van der Waals surface area (Å²) in [6, 6.07) is 14.5. The summed E-state index contributed by atoms with van der Waals surface area (Å²) in [5.41, 5.74) is 2.22. The number of nitrogens with zero attached hydrogens (tertiary/aromatic N) is 1. The van der Waals surface area contributed by atoms with Crippen molar-refractivity contribution in [2.45, 2.75) is 6.92 Å². The number of aryl methyl sites for hydroxylation is 1. The van der Waals surface area contributed by atoms with Crippen LogP contribution in [0.4, 0.5) is 11.4 Å². The van der Waals surface area contributed by atoms with Gasteiger partial charge >= 0.3 is 0 Å². The Balaban J connectivity index is 2.17. The molecule has 2 aromatic rings. The van der Waals surface area contributed by atoms with Crippen LogP contribution in [-0.4, -0.2) is 20.1 Å². The van der Waals surface area contributed by atoms with Gasteiger partial charge in [-0.3, -0.25) is 4.79 Å². The lowest BCUT2D eigenvalue weighted by atomic mass is 10.2. The minimum atomic E-state index is -0.547. The molecule has 0 fully saturated rings. The summed E-state index contributed by atoms with van der Waals surface area (Å²) in [7, 11) is 3.03. The molecule has 0 saturated carbocycles. The average Bonchev–Trinajstić information content (AvgIpc) is 2.62. The molecule has 0 atom stereocenters. The second kappa shape index (κ2) is 8.41. The van der Waals surface area contributed by atoms with Crippen molar-refractivity contribution >= 4 is 17.3 Å². The van der Waals surface area contributed by atoms with E-state index >= 15 is 0 Å². The number of methoxy groups -OCH3 is 2. The van der Waals surface area contributed by atoms with Crippen molar-refractivity contribution in [2.24, 2.45) is 0 Å². The van der Waals surface area contributed by atoms with Crippen LogP contribution < -0.4 is 20.1 Å². The van der Waals surface area contributed by atoms with E-state index in [0.717, 1.165) is 11.3 Å². The molecule has 6 nitrogen and oxygen atoms in total. The number of amides is 1. The quantitative estimate of drug-likeness (QED) is 0.623. The van der Waals surface area contributed by atoms with E-state index in [9.17, 15) is 10.1 Å². The van der Waals surface area contributed by atoms with Crippen molar-refractivity contribution in [1.29, 1.82) is 5.26 Å². The van der Waals surface area contributed by atoms with E-state index < -0.39 is 5.91 Å². The summed E-state index contributed by atoms with van der Waals surface area (Å²) in [5.74, 6) is 0.490. The van der Waals surface area contributed by atoms with Crippen LogP contribution in [0.2, 0.25) is 0 Å². The molecule has 128 valence electrons. The maximum absolute atomic E-state index is 12.4. The van der Waals surface area contributed by atoms with Crippen LogP contribution in [0.25, 0.3) is 0 Å². The molecule has 0 aliphatic rings. The van der Waals surface area contributed by atoms with Crippen molar-refractivity contribution in [3.63, 3.8) is 0 Å². The van der Waals surface area contributed by atoms with E-state index in [1.165, 1.54) is 20.4 Å². The van der Waals surface area contributed by atoms with Crippen LogP contribution in [0.1, 0.15) is 5.56 Å². The van der Waals surface area contributed by atoms with Gasteiger partial charge in [0.1, 0.15) is 23.1 Å². The van der Waals surface area contributed by atoms with Gasteiger partial charge in [-0.25, -0.2) is 0 Å². The number of anilines is 2. The Morgan fingerprint density at radius 3 is 2.60 bits per heavy atom. The predicted molar refractivity (Wildman–Crippen MR) is 96.7 cm³/mol. The molecule has 0 unspecified atom stereocenters. The summed E-state index contributed by atoms with van der Waals surface area (Å²) >= 11 is 0. The normalized spacial score (nSPS) is 10.6. The summed E-state index contributed by atoms with van der Waals surface area (Å²) < 4.78 is 10.4. The van der Waals surface area contributed by atoms with E-state index in [1.54, 1.807) is 18.2 Å². The van der Waals surface area contributed by atoms with E-state index in [2.05, 4.69) is 10.6 Å². The minimum absolute atomic E-state index is 0.0635. The molecule has 6 heteroatoms. The first kappa shape index (κ1) is 17.9. The van der Waals surface area contributed by atoms with E-state index in [-0.39, 0.29) is 5.57 Å². The molecule has 0 radical (unpaired) electrons. The fourth-order valence-electron chi connectivity index (χ4n) is 2.14. The highest BCUT2D eigenvalue weighted by Gasteiger charge is 2.13. The van der Waals surface area contributed by atoms with Crippen LogP contribution in [-0.2, 0) is 4.79 Å². The highest BCUT2D eigenvalue weighted by Crippen LogP contribution is 2.29. The lowest BCUT2D eigenvalue weighted by Crippen LogP contribution is -2.15. The first-order valence-electron chi connectivity index (χ1n) is 7.54. The number of rotatable bonds is 6. The molecule has 0 spiro atoms. The van der Waals surface area contributed by atoms with Gasteiger partial charge in [0.15, 0.2) is 0 Å². The predicted octanol–water partition coefficient (Wildman–Crippen LogP) is 3.47. The van der Waals surface area contributed by atoms with Gasteiger partial charge in [-0.15, -0.1) is 0 Å². The number of ether oxygens (including phenoxy) is 2. The van der Waals surface area contributed by atoms with Crippen LogP contribution in [0.5, 0.6) is 11.5 Å². The number of hydrogen-bond donors (Lipinski definition) is 2. The van der Waals surface area contributed by atoms with Crippen LogP contribution in [0.15, 0.2) is 54.2 Å². The number of carbonyl (C=O) groups excluding carboxylic acids is 1. The van der Waals surface area contributed by atoms with Crippen molar-refractivity contribution in [3.05, 3.63) is 59.8 Å². The van der Waals surface area contributed by atoms with E-state index in [1.807, 2.05) is 37.3 Å². The molecule has 2 aromatic carbocycles. The third kappa shape index (κ3) is 4.75. The summed E-state index contributed by atoms with van der Waals surface area (Å²) in [6.07, 6.45) is 1.37. The Morgan fingerprint density at radius 1 is 1.16 bits per heavy atom. The van der Waals surface area contributed by atoms with Crippen LogP contribution >= 0.6 is 0 Å². The zero-order chi connectivity index (χ0) is 18.2. The summed E-state index contributed by atoms with van der Waals surface area (Å²) in [4.78, 5) is 12.4. The molecule has 0 aliphatic heterocycles. The first-order chi connectivity index (χ1) is 12.1. The third-order valence-electron chi connectivity index (χ3n) is 3.42. The molecular weight excluding hydrogens is 318 g/mol. The minimum Gasteiger partial charge on any atom is -0.497 e. The molecule has 0 heterocycles. The highest BCUT2D eigenvalue weighted by atomic mass is 16.5. The Hall–Kier alpha value is -3.46. The smallest absolute Gasteiger partial charge is 0.267 e. The second-order valence-corrected chi connectivity index (χ2v) is 5.20. The van der Waals surface area contributed by atoms with Crippen molar-refractivity contribution in [2.75, 3.05) is 24.9 Å². The molecule has 0 aliphatic carbocycles. The van der Waals surface area contributed by atoms with Crippen molar-refractivity contribution in [1.82, 2.24) is 0 Å². The molecular formula is C19H19N3O3. The van der Waals surface area contributed by atoms with Gasteiger partial charge in [0.25, 0.3) is 5.91 Å². The third-order valence-corrected chi connectivity index (χ3v) is 3.42. The number of nitrogens with one attached hydrogen (secondary N) is 2. The lowest BCUT2D eigenvalue weighted by molar-refractivity contribution is -0.112. The van der Waals surface area contributed by atoms with Crippen LogP contribution in [0, 0.1) is 18.3 Å². The zero-order valence-corrected chi connectivity index (χ0v) is 14.3. The Morgan fingerprint density at radius 2 is 1.96 bits per heavy atom. The van der Waals surface area contributed by atoms with Gasteiger partial charge in [0, 0.05) is 18.0 Å². The van der Waals surface area contributed by atoms with Crippen molar-refractivity contribution < 1.29 is 14.3 Å². The molecule has 25 heavy (non-hydrogen) atoms. The molecule has 2 N–H and O–H groups in total. The van der Waals surface area contributed by atoms with E-state index in [4.69, 9.17) is 9.47 Å². The Kier molecular flexibility index (Phi) is 6.02. The van der Waals surface area contributed by atoms with Gasteiger partial charge < -0.3 is 20.1 Å². The maximum Gasteiger partial charge on any atom is 0.267 e. The molecule has 0 bridgehead atoms. The van der Waals surface area contributed by atoms with Gasteiger partial charge in [0.05, 0.1) is 19.9 Å². The summed E-state index contributed by atoms with van der Waals surface area (Å²) in [5, 5.41) is 14.9. The zero-order valence-electron chi connectivity index (χ0n) is 14.3. The topological polar surface area (TPSA) is 83.4 Å². The Bertz CT molecular complexity index is 838. The van der Waals surface area contributed by atoms with Gasteiger partial charge in [-0.1, -0.05) is 12.1 Å². The van der Waals surface area contributed by atoms with E-state index in [0.29, 0.717) is 17.2 Å². The molecule has 1 amide bonds. The number of hydrogen-bond acceptors (Lipinski definition) is 5. The monoisotopic (exact) mass is 337 g/mol. The van der Waals surface area contributed by atoms with Crippen LogP contribution in [0.3, 0.4) is 0 Å². The maximum atomic E-state index is 12.4. The number of carbonyl (C=O) groups is 1. The standard InChI is InChI=1S/C19H19N3O3/c1-13-5-4-6-15(9-13)21-12-14(11-20)19(23)22-17-10-16(24-2)7-8-18(17)25-3/h4-10,12,21H,1-3H3,(H,22,23)/b14-12-. The lowest BCUT2D eigenvalue weighted by Gasteiger charge is -2.11. The number of benzene rings is 2. The fraction of sp³-hybridized carbons (Fsp3) is 0.158. The fourth-order valence-corrected chi connectivity index (χ4v) is 2.14. The number of nitriles is 1.